The first-order chi connectivity index (χ1) is 16.5. The lowest BCUT2D eigenvalue weighted by atomic mass is 10.3. The van der Waals surface area contributed by atoms with E-state index in [9.17, 15) is 9.59 Å². The summed E-state index contributed by atoms with van der Waals surface area (Å²) in [6, 6.07) is 12.6. The fourth-order valence-electron chi connectivity index (χ4n) is 3.74. The van der Waals surface area contributed by atoms with E-state index in [1.165, 1.54) is 11.8 Å². The summed E-state index contributed by atoms with van der Waals surface area (Å²) in [5, 5.41) is 12.9. The maximum absolute atomic E-state index is 12.6. The van der Waals surface area contributed by atoms with Gasteiger partial charge >= 0.3 is 5.69 Å². The zero-order valence-corrected chi connectivity index (χ0v) is 19.7. The maximum atomic E-state index is 12.6. The minimum absolute atomic E-state index is 0.144. The molecule has 4 aromatic rings. The molecule has 0 spiro atoms. The summed E-state index contributed by atoms with van der Waals surface area (Å²) in [6.45, 7) is 3.67. The van der Waals surface area contributed by atoms with Crippen LogP contribution in [0.25, 0.3) is 16.7 Å². The third kappa shape index (κ3) is 5.17. The van der Waals surface area contributed by atoms with Crippen LogP contribution in [0.15, 0.2) is 52.4 Å². The molecule has 0 aliphatic carbocycles. The van der Waals surface area contributed by atoms with Crippen molar-refractivity contribution in [3.63, 3.8) is 0 Å². The van der Waals surface area contributed by atoms with Crippen LogP contribution in [-0.2, 0) is 16.1 Å². The van der Waals surface area contributed by atoms with E-state index in [0.717, 1.165) is 24.6 Å². The largest absolute Gasteiger partial charge is 0.379 e. The number of thioether (sulfide) groups is 1. The molecule has 3 N–H and O–H groups in total. The molecular weight excluding hydrogens is 478 g/mol. The van der Waals surface area contributed by atoms with Gasteiger partial charge in [0, 0.05) is 29.5 Å². The smallest absolute Gasteiger partial charge is 0.323 e. The Morgan fingerprint density at radius 2 is 1.85 bits per heavy atom. The summed E-state index contributed by atoms with van der Waals surface area (Å²) in [5.41, 5.74) is 2.50. The molecule has 1 fully saturated rings. The van der Waals surface area contributed by atoms with Crippen molar-refractivity contribution in [1.82, 2.24) is 29.6 Å². The number of imidazole rings is 1. The van der Waals surface area contributed by atoms with Crippen molar-refractivity contribution in [1.29, 1.82) is 0 Å². The van der Waals surface area contributed by atoms with Gasteiger partial charge in [0.15, 0.2) is 11.0 Å². The van der Waals surface area contributed by atoms with Gasteiger partial charge in [-0.1, -0.05) is 23.4 Å². The number of fused-ring (bicyclic) bond motifs is 1. The van der Waals surface area contributed by atoms with Gasteiger partial charge in [-0.3, -0.25) is 14.3 Å². The molecule has 0 saturated carbocycles. The highest BCUT2D eigenvalue weighted by Gasteiger charge is 2.20. The Labute approximate surface area is 203 Å². The van der Waals surface area contributed by atoms with Crippen molar-refractivity contribution in [2.24, 2.45) is 0 Å². The van der Waals surface area contributed by atoms with Crippen LogP contribution in [0.2, 0.25) is 5.02 Å². The zero-order chi connectivity index (χ0) is 23.5. The van der Waals surface area contributed by atoms with Crippen molar-refractivity contribution >= 4 is 46.0 Å². The molecule has 2 aromatic heterocycles. The molecule has 1 amide bonds. The molecule has 5 rings (SSSR count). The summed E-state index contributed by atoms with van der Waals surface area (Å²) in [4.78, 5) is 31.7. The first-order valence-electron chi connectivity index (χ1n) is 10.7. The number of benzene rings is 2. The molecule has 10 nitrogen and oxygen atoms in total. The molecule has 3 heterocycles. The average Bonchev–Trinajstić information content (AvgIpc) is 3.40. The van der Waals surface area contributed by atoms with Crippen LogP contribution >= 0.6 is 23.4 Å². The molecule has 0 bridgehead atoms. The molecule has 0 atom stereocenters. The summed E-state index contributed by atoms with van der Waals surface area (Å²) < 4.78 is 7.40. The Kier molecular flexibility index (Phi) is 6.68. The minimum Gasteiger partial charge on any atom is -0.379 e. The van der Waals surface area contributed by atoms with Crippen molar-refractivity contribution < 1.29 is 9.53 Å². The fraction of sp³-hybridized carbons (Fsp3) is 0.273. The summed E-state index contributed by atoms with van der Waals surface area (Å²) in [7, 11) is 0. The van der Waals surface area contributed by atoms with Crippen molar-refractivity contribution in [3.05, 3.63) is 63.8 Å². The lowest BCUT2D eigenvalue weighted by molar-refractivity contribution is -0.113. The first-order valence-corrected chi connectivity index (χ1v) is 12.1. The Morgan fingerprint density at radius 3 is 2.65 bits per heavy atom. The second-order valence-electron chi connectivity index (χ2n) is 7.78. The quantitative estimate of drug-likeness (QED) is 0.334. The monoisotopic (exact) mass is 499 g/mol. The van der Waals surface area contributed by atoms with Crippen LogP contribution in [0.5, 0.6) is 0 Å². The highest BCUT2D eigenvalue weighted by molar-refractivity contribution is 7.99. The van der Waals surface area contributed by atoms with Gasteiger partial charge in [0.1, 0.15) is 0 Å². The third-order valence-electron chi connectivity index (χ3n) is 5.39. The highest BCUT2D eigenvalue weighted by Crippen LogP contribution is 2.25. The molecular formula is C22H22ClN7O3S. The summed E-state index contributed by atoms with van der Waals surface area (Å²) in [5.74, 6) is 0.738. The Bertz CT molecular complexity index is 1360. The van der Waals surface area contributed by atoms with E-state index in [2.05, 4.69) is 30.4 Å². The molecule has 1 saturated heterocycles. The van der Waals surface area contributed by atoms with Crippen LogP contribution in [0.1, 0.15) is 5.82 Å². The molecule has 12 heteroatoms. The van der Waals surface area contributed by atoms with Gasteiger partial charge in [0.25, 0.3) is 0 Å². The van der Waals surface area contributed by atoms with E-state index in [1.807, 2.05) is 28.8 Å². The minimum atomic E-state index is -0.288. The number of rotatable bonds is 7. The Balaban J connectivity index is 1.32. The molecule has 0 radical (unpaired) electrons. The van der Waals surface area contributed by atoms with Gasteiger partial charge in [0.05, 0.1) is 36.5 Å². The van der Waals surface area contributed by atoms with Gasteiger partial charge in [-0.05, 0) is 42.5 Å². The number of nitrogens with zero attached hydrogens (tertiary/aromatic N) is 4. The molecule has 0 unspecified atom stereocenters. The molecule has 1 aliphatic rings. The van der Waals surface area contributed by atoms with Crippen LogP contribution in [-0.4, -0.2) is 67.6 Å². The van der Waals surface area contributed by atoms with Crippen LogP contribution in [0.3, 0.4) is 0 Å². The van der Waals surface area contributed by atoms with E-state index < -0.39 is 0 Å². The zero-order valence-electron chi connectivity index (χ0n) is 18.1. The van der Waals surface area contributed by atoms with Gasteiger partial charge in [-0.2, -0.15) is 0 Å². The van der Waals surface area contributed by atoms with Crippen molar-refractivity contribution in [3.8, 4) is 5.69 Å². The Morgan fingerprint density at radius 1 is 1.09 bits per heavy atom. The van der Waals surface area contributed by atoms with E-state index in [0.29, 0.717) is 46.7 Å². The van der Waals surface area contributed by atoms with Crippen molar-refractivity contribution in [2.75, 3.05) is 37.4 Å². The molecule has 2 aromatic carbocycles. The van der Waals surface area contributed by atoms with E-state index >= 15 is 0 Å². The van der Waals surface area contributed by atoms with Gasteiger partial charge in [0.2, 0.25) is 5.91 Å². The molecule has 176 valence electrons. The fourth-order valence-corrected chi connectivity index (χ4v) is 4.64. The SMILES string of the molecule is O=C(CSc1nnc(CN2CCOCC2)n1-c1ccc(Cl)cc1)Nc1ccc2[nH]c(=O)[nH]c2c1. The number of carbonyl (C=O) groups is 1. The third-order valence-corrected chi connectivity index (χ3v) is 6.57. The summed E-state index contributed by atoms with van der Waals surface area (Å²) in [6.07, 6.45) is 0. The second-order valence-corrected chi connectivity index (χ2v) is 9.15. The highest BCUT2D eigenvalue weighted by atomic mass is 35.5. The number of anilines is 1. The molecule has 34 heavy (non-hydrogen) atoms. The lowest BCUT2D eigenvalue weighted by Gasteiger charge is -2.26. The van der Waals surface area contributed by atoms with Crippen LogP contribution in [0.4, 0.5) is 5.69 Å². The van der Waals surface area contributed by atoms with Gasteiger partial charge < -0.3 is 20.0 Å². The number of aromatic nitrogens is 5. The van der Waals surface area contributed by atoms with Crippen molar-refractivity contribution in [2.45, 2.75) is 11.7 Å². The second kappa shape index (κ2) is 10.0. The normalized spacial score (nSPS) is 14.5. The number of H-pyrrole nitrogens is 2. The predicted octanol–water partition coefficient (Wildman–Crippen LogP) is 2.65. The number of morpholine rings is 1. The predicted molar refractivity (Wildman–Crippen MR) is 131 cm³/mol. The number of hydrogen-bond acceptors (Lipinski definition) is 7. The number of aromatic amines is 2. The number of amides is 1. The van der Waals surface area contributed by atoms with Crippen LogP contribution in [0, 0.1) is 0 Å². The number of ether oxygens (including phenoxy) is 1. The van der Waals surface area contributed by atoms with E-state index in [-0.39, 0.29) is 17.3 Å². The van der Waals surface area contributed by atoms with E-state index in [4.69, 9.17) is 16.3 Å². The number of halogens is 1. The Hall–Kier alpha value is -3.12. The molecule has 1 aliphatic heterocycles. The van der Waals surface area contributed by atoms with Gasteiger partial charge in [-0.15, -0.1) is 10.2 Å². The number of nitrogens with one attached hydrogen (secondary N) is 3. The van der Waals surface area contributed by atoms with Crippen LogP contribution < -0.4 is 11.0 Å². The first kappa shape index (κ1) is 22.7. The standard InChI is InChI=1S/C22H22ClN7O3S/c23-14-1-4-16(5-2-14)30-19(12-29-7-9-33-10-8-29)27-28-22(30)34-13-20(31)24-15-3-6-17-18(11-15)26-21(32)25-17/h1-6,11H,7-10,12-13H2,(H,24,31)(H2,25,26,32). The van der Waals surface area contributed by atoms with E-state index in [1.54, 1.807) is 18.2 Å². The number of hydrogen-bond donors (Lipinski definition) is 3. The topological polar surface area (TPSA) is 121 Å². The summed E-state index contributed by atoms with van der Waals surface area (Å²) >= 11 is 7.38. The lowest BCUT2D eigenvalue weighted by Crippen LogP contribution is -2.36. The average molecular weight is 500 g/mol. The number of carbonyl (C=O) groups excluding carboxylic acids is 1. The van der Waals surface area contributed by atoms with Gasteiger partial charge in [-0.25, -0.2) is 4.79 Å². The maximum Gasteiger partial charge on any atom is 0.323 e.